The van der Waals surface area contributed by atoms with Crippen LogP contribution in [0, 0.1) is 0 Å². The average molecular weight is 320 g/mol. The largest absolute Gasteiger partial charge is 0.397 e. The summed E-state index contributed by atoms with van der Waals surface area (Å²) in [6.45, 7) is 0. The maximum Gasteiger partial charge on any atom is 0.0844 e. The fraction of sp³-hybridized carbons (Fsp3) is 0. The summed E-state index contributed by atoms with van der Waals surface area (Å²) in [5, 5.41) is 0.806. The molecule has 0 aliphatic carbocycles. The molecule has 0 fully saturated rings. The highest BCUT2D eigenvalue weighted by Crippen LogP contribution is 2.39. The third kappa shape index (κ3) is 1.83. The van der Waals surface area contributed by atoms with Crippen LogP contribution in [0.15, 0.2) is 15.0 Å². The van der Waals surface area contributed by atoms with E-state index in [0.29, 0.717) is 15.7 Å². The molecule has 1 rings (SSSR count). The van der Waals surface area contributed by atoms with Gasteiger partial charge in [-0.05, 0) is 37.9 Å². The molecule has 0 saturated heterocycles. The lowest BCUT2D eigenvalue weighted by Crippen LogP contribution is -1.88. The molecule has 0 bridgehead atoms. The first-order valence-corrected chi connectivity index (χ1v) is 4.96. The van der Waals surface area contributed by atoms with E-state index >= 15 is 0 Å². The van der Waals surface area contributed by atoms with Gasteiger partial charge in [0.1, 0.15) is 0 Å². The molecular weight excluding hydrogens is 317 g/mol. The van der Waals surface area contributed by atoms with Crippen LogP contribution in [0.1, 0.15) is 0 Å². The third-order valence-corrected chi connectivity index (χ3v) is 3.54. The summed E-state index contributed by atoms with van der Waals surface area (Å²) in [5.74, 6) is 0. The Kier molecular flexibility index (Phi) is 3.09. The van der Waals surface area contributed by atoms with Crippen LogP contribution in [0.2, 0.25) is 10.0 Å². The molecule has 1 aromatic carbocycles. The van der Waals surface area contributed by atoms with Crippen molar-refractivity contribution in [2.75, 3.05) is 5.73 Å². The third-order valence-electron chi connectivity index (χ3n) is 1.15. The molecule has 0 saturated carbocycles. The second-order valence-electron chi connectivity index (χ2n) is 1.88. The minimum Gasteiger partial charge on any atom is -0.397 e. The number of benzene rings is 1. The van der Waals surface area contributed by atoms with E-state index in [-0.39, 0.29) is 0 Å². The topological polar surface area (TPSA) is 26.0 Å². The highest BCUT2D eigenvalue weighted by atomic mass is 79.9. The summed E-state index contributed by atoms with van der Waals surface area (Å²) in [4.78, 5) is 0. The van der Waals surface area contributed by atoms with Crippen LogP contribution in [0.4, 0.5) is 5.69 Å². The van der Waals surface area contributed by atoms with E-state index in [9.17, 15) is 0 Å². The molecule has 0 aliphatic rings. The molecule has 0 aliphatic heterocycles. The molecule has 60 valence electrons. The molecule has 1 nitrogen and oxygen atoms in total. The van der Waals surface area contributed by atoms with E-state index in [1.165, 1.54) is 0 Å². The molecule has 0 heterocycles. The first-order valence-electron chi connectivity index (χ1n) is 2.62. The van der Waals surface area contributed by atoms with Crippen LogP contribution in [-0.2, 0) is 0 Å². The van der Waals surface area contributed by atoms with Crippen molar-refractivity contribution in [1.82, 2.24) is 0 Å². The number of rotatable bonds is 0. The molecule has 0 amide bonds. The summed E-state index contributed by atoms with van der Waals surface area (Å²) in [5.41, 5.74) is 6.03. The molecule has 11 heavy (non-hydrogen) atoms. The molecule has 0 radical (unpaired) electrons. The number of nitrogens with two attached hydrogens (primary N) is 1. The Bertz CT molecular complexity index is 275. The Hall–Kier alpha value is 0.560. The Labute approximate surface area is 91.1 Å². The Balaban J connectivity index is 3.46. The number of nitrogen functional groups attached to an aromatic ring is 1. The van der Waals surface area contributed by atoms with Gasteiger partial charge in [0.05, 0.1) is 15.7 Å². The van der Waals surface area contributed by atoms with Gasteiger partial charge < -0.3 is 5.73 Å². The van der Waals surface area contributed by atoms with Crippen LogP contribution in [0.3, 0.4) is 0 Å². The van der Waals surface area contributed by atoms with Crippen LogP contribution < -0.4 is 5.73 Å². The summed E-state index contributed by atoms with van der Waals surface area (Å²) in [6, 6.07) is 1.75. The van der Waals surface area contributed by atoms with Crippen molar-refractivity contribution < 1.29 is 0 Å². The second kappa shape index (κ2) is 3.52. The monoisotopic (exact) mass is 317 g/mol. The maximum absolute atomic E-state index is 5.78. The van der Waals surface area contributed by atoms with Gasteiger partial charge in [0.2, 0.25) is 0 Å². The standard InChI is InChI=1S/C6H3Br2Cl2N/c7-2-1-3(8)6(11)5(10)4(2)9/h1H,11H2. The zero-order chi connectivity index (χ0) is 8.59. The molecule has 0 unspecified atom stereocenters. The smallest absolute Gasteiger partial charge is 0.0844 e. The number of halogens is 4. The summed E-state index contributed by atoms with van der Waals surface area (Å²) < 4.78 is 1.46. The normalized spacial score (nSPS) is 10.2. The van der Waals surface area contributed by atoms with Gasteiger partial charge in [-0.3, -0.25) is 0 Å². The fourth-order valence-corrected chi connectivity index (χ4v) is 2.33. The maximum atomic E-state index is 5.78. The van der Waals surface area contributed by atoms with Crippen molar-refractivity contribution in [1.29, 1.82) is 0 Å². The molecule has 1 aromatic rings. The summed E-state index contributed by atoms with van der Waals surface area (Å²) in [7, 11) is 0. The predicted molar refractivity (Wildman–Crippen MR) is 56.3 cm³/mol. The Morgan fingerprint density at radius 2 is 1.64 bits per heavy atom. The second-order valence-corrected chi connectivity index (χ2v) is 4.35. The molecule has 2 N–H and O–H groups in total. The lowest BCUT2D eigenvalue weighted by molar-refractivity contribution is 1.59. The van der Waals surface area contributed by atoms with Gasteiger partial charge in [-0.25, -0.2) is 0 Å². The molecular formula is C6H3Br2Cl2N. The van der Waals surface area contributed by atoms with E-state index < -0.39 is 0 Å². The lowest BCUT2D eigenvalue weighted by atomic mass is 10.3. The van der Waals surface area contributed by atoms with Crippen molar-refractivity contribution in [2.45, 2.75) is 0 Å². The van der Waals surface area contributed by atoms with E-state index in [4.69, 9.17) is 28.9 Å². The summed E-state index contributed by atoms with van der Waals surface area (Å²) in [6.07, 6.45) is 0. The average Bonchev–Trinajstić information content (AvgIpc) is 1.97. The first kappa shape index (κ1) is 9.65. The zero-order valence-electron chi connectivity index (χ0n) is 5.17. The highest BCUT2D eigenvalue weighted by Gasteiger charge is 2.09. The van der Waals surface area contributed by atoms with Gasteiger partial charge in [-0.15, -0.1) is 0 Å². The van der Waals surface area contributed by atoms with E-state index in [1.54, 1.807) is 6.07 Å². The molecule has 0 atom stereocenters. The van der Waals surface area contributed by atoms with Crippen molar-refractivity contribution in [3.8, 4) is 0 Å². The van der Waals surface area contributed by atoms with Gasteiger partial charge in [-0.1, -0.05) is 23.2 Å². The number of anilines is 1. The lowest BCUT2D eigenvalue weighted by Gasteiger charge is -2.04. The SMILES string of the molecule is Nc1c(Br)cc(Br)c(Cl)c1Cl. The van der Waals surface area contributed by atoms with E-state index in [1.807, 2.05) is 0 Å². The van der Waals surface area contributed by atoms with Crippen LogP contribution in [0.25, 0.3) is 0 Å². The van der Waals surface area contributed by atoms with Crippen LogP contribution >= 0.6 is 55.1 Å². The highest BCUT2D eigenvalue weighted by molar-refractivity contribution is 9.11. The van der Waals surface area contributed by atoms with Crippen LogP contribution in [-0.4, -0.2) is 0 Å². The van der Waals surface area contributed by atoms with Gasteiger partial charge in [0.25, 0.3) is 0 Å². The summed E-state index contributed by atoms with van der Waals surface area (Å²) >= 11 is 18.0. The fourth-order valence-electron chi connectivity index (χ4n) is 0.580. The zero-order valence-corrected chi connectivity index (χ0v) is 9.85. The minimum atomic E-state index is 0.368. The minimum absolute atomic E-state index is 0.368. The van der Waals surface area contributed by atoms with Gasteiger partial charge >= 0.3 is 0 Å². The quantitative estimate of drug-likeness (QED) is 0.435. The Morgan fingerprint density at radius 3 is 2.18 bits per heavy atom. The molecule has 0 aromatic heterocycles. The van der Waals surface area contributed by atoms with Crippen molar-refractivity contribution in [2.24, 2.45) is 0 Å². The van der Waals surface area contributed by atoms with Gasteiger partial charge in [-0.2, -0.15) is 0 Å². The van der Waals surface area contributed by atoms with Crippen molar-refractivity contribution in [3.63, 3.8) is 0 Å². The van der Waals surface area contributed by atoms with Crippen molar-refractivity contribution in [3.05, 3.63) is 25.1 Å². The van der Waals surface area contributed by atoms with E-state index in [2.05, 4.69) is 31.9 Å². The number of hydrogen-bond acceptors (Lipinski definition) is 1. The van der Waals surface area contributed by atoms with E-state index in [0.717, 1.165) is 8.95 Å². The predicted octanol–water partition coefficient (Wildman–Crippen LogP) is 4.10. The molecule has 5 heteroatoms. The van der Waals surface area contributed by atoms with Crippen molar-refractivity contribution >= 4 is 60.7 Å². The van der Waals surface area contributed by atoms with Gasteiger partial charge in [0.15, 0.2) is 0 Å². The molecule has 0 spiro atoms. The number of hydrogen-bond donors (Lipinski definition) is 1. The Morgan fingerprint density at radius 1 is 1.09 bits per heavy atom. The van der Waals surface area contributed by atoms with Crippen LogP contribution in [0.5, 0.6) is 0 Å². The first-order chi connectivity index (χ1) is 5.04. The van der Waals surface area contributed by atoms with Gasteiger partial charge in [0, 0.05) is 8.95 Å².